The molecule has 0 aliphatic rings. The van der Waals surface area contributed by atoms with Crippen LogP contribution in [0.2, 0.25) is 0 Å². The number of hydrogen-bond donors (Lipinski definition) is 0. The van der Waals surface area contributed by atoms with Crippen LogP contribution in [0.4, 0.5) is 0 Å². The minimum Gasteiger partial charge on any atom is -0.462 e. The molecule has 0 amide bonds. The molecular formula is C62H98O6. The van der Waals surface area contributed by atoms with Crippen LogP contribution in [-0.2, 0) is 28.6 Å². The fourth-order valence-electron chi connectivity index (χ4n) is 6.89. The van der Waals surface area contributed by atoms with Gasteiger partial charge in [-0.15, -0.1) is 0 Å². The Kier molecular flexibility index (Phi) is 51.5. The Morgan fingerprint density at radius 2 is 0.632 bits per heavy atom. The van der Waals surface area contributed by atoms with Crippen molar-refractivity contribution in [2.75, 3.05) is 13.2 Å². The Hall–Kier alpha value is -4.45. The van der Waals surface area contributed by atoms with Gasteiger partial charge >= 0.3 is 17.9 Å². The number of esters is 3. The lowest BCUT2D eigenvalue weighted by molar-refractivity contribution is -0.167. The van der Waals surface area contributed by atoms with Gasteiger partial charge in [0, 0.05) is 19.3 Å². The second-order valence-corrected chi connectivity index (χ2v) is 17.4. The van der Waals surface area contributed by atoms with Crippen molar-refractivity contribution in [2.45, 2.75) is 226 Å². The summed E-state index contributed by atoms with van der Waals surface area (Å²) in [6.07, 6.45) is 77.2. The Balaban J connectivity index is 4.56. The summed E-state index contributed by atoms with van der Waals surface area (Å²) in [5.41, 5.74) is 0. The van der Waals surface area contributed by atoms with Gasteiger partial charge < -0.3 is 14.2 Å². The summed E-state index contributed by atoms with van der Waals surface area (Å²) < 4.78 is 16.8. The predicted octanol–water partition coefficient (Wildman–Crippen LogP) is 18.3. The van der Waals surface area contributed by atoms with Gasteiger partial charge in [-0.05, 0) is 122 Å². The minimum absolute atomic E-state index is 0.117. The highest BCUT2D eigenvalue weighted by molar-refractivity contribution is 5.71. The van der Waals surface area contributed by atoms with E-state index in [4.69, 9.17) is 14.2 Å². The molecule has 0 radical (unpaired) electrons. The van der Waals surface area contributed by atoms with Gasteiger partial charge in [-0.3, -0.25) is 14.4 Å². The molecule has 1 atom stereocenters. The highest BCUT2D eigenvalue weighted by Gasteiger charge is 2.19. The number of carbonyl (C=O) groups excluding carboxylic acids is 3. The third kappa shape index (κ3) is 52.5. The molecule has 0 bridgehead atoms. The van der Waals surface area contributed by atoms with Gasteiger partial charge in [-0.25, -0.2) is 0 Å². The third-order valence-corrected chi connectivity index (χ3v) is 10.9. The molecule has 0 saturated carbocycles. The van der Waals surface area contributed by atoms with Crippen LogP contribution < -0.4 is 0 Å². The smallest absolute Gasteiger partial charge is 0.306 e. The molecule has 0 aromatic rings. The lowest BCUT2D eigenvalue weighted by Gasteiger charge is -2.18. The van der Waals surface area contributed by atoms with Gasteiger partial charge in [-0.2, -0.15) is 0 Å². The molecule has 0 heterocycles. The Bertz CT molecular complexity index is 1500. The number of carbonyl (C=O) groups is 3. The summed E-state index contributed by atoms with van der Waals surface area (Å²) in [4.78, 5) is 38.1. The molecule has 0 N–H and O–H groups in total. The molecule has 0 fully saturated rings. The maximum absolute atomic E-state index is 12.8. The average Bonchev–Trinajstić information content (AvgIpc) is 3.34. The Morgan fingerprint density at radius 1 is 0.324 bits per heavy atom. The van der Waals surface area contributed by atoms with Crippen LogP contribution in [0.3, 0.4) is 0 Å². The van der Waals surface area contributed by atoms with Crippen LogP contribution in [0.5, 0.6) is 0 Å². The number of rotatable bonds is 47. The van der Waals surface area contributed by atoms with Crippen LogP contribution in [0.1, 0.15) is 220 Å². The molecule has 0 aromatic carbocycles. The number of allylic oxidation sites excluding steroid dienone is 22. The first kappa shape index (κ1) is 63.5. The van der Waals surface area contributed by atoms with Crippen LogP contribution in [0.15, 0.2) is 134 Å². The van der Waals surface area contributed by atoms with E-state index in [0.29, 0.717) is 19.3 Å². The molecule has 1 unspecified atom stereocenters. The Morgan fingerprint density at radius 3 is 1.03 bits per heavy atom. The molecule has 6 nitrogen and oxygen atoms in total. The maximum Gasteiger partial charge on any atom is 0.306 e. The van der Waals surface area contributed by atoms with Crippen molar-refractivity contribution in [2.24, 2.45) is 0 Å². The standard InChI is InChI=1S/C62H98O6/c1-4-7-10-13-16-19-22-25-28-31-32-35-37-40-43-46-49-52-55-61(64)67-58-59(68-62(65)56-53-50-47-44-41-38-34-30-27-24-21-18-15-12-9-6-3)57-66-60(63)54-51-48-45-42-39-36-33-29-26-23-20-17-14-11-8-5-2/h8-9,11-12,17-18,20-22,25-32,35-36,38-39,41,59H,4-7,10,13-16,19,23-24,33-34,37,40,42-58H2,1-3H3/b11-8-,12-9-,20-17-,21-18-,25-22-,29-26-,30-27-,31-28-,35-32-,39-36-,41-38-. The van der Waals surface area contributed by atoms with Crippen molar-refractivity contribution in [3.8, 4) is 0 Å². The van der Waals surface area contributed by atoms with E-state index in [1.54, 1.807) is 0 Å². The highest BCUT2D eigenvalue weighted by Crippen LogP contribution is 2.12. The van der Waals surface area contributed by atoms with Crippen molar-refractivity contribution < 1.29 is 28.6 Å². The SMILES string of the molecule is CC/C=C\C/C=C\C/C=C\C/C=C\CCCCCC(=O)OCC(COC(=O)CCCCCCC\C=C/C=C\C=C/CCCCCCC)OC(=O)CCCCC/C=C\C/C=C\C/C=C\C/C=C\CC. The van der Waals surface area contributed by atoms with Crippen LogP contribution in [0.25, 0.3) is 0 Å². The van der Waals surface area contributed by atoms with Gasteiger partial charge in [0.1, 0.15) is 13.2 Å². The number of ether oxygens (including phenoxy) is 3. The second-order valence-electron chi connectivity index (χ2n) is 17.4. The molecule has 68 heavy (non-hydrogen) atoms. The van der Waals surface area contributed by atoms with Crippen LogP contribution in [-0.4, -0.2) is 37.2 Å². The topological polar surface area (TPSA) is 78.9 Å². The van der Waals surface area contributed by atoms with Gasteiger partial charge in [0.15, 0.2) is 6.10 Å². The van der Waals surface area contributed by atoms with E-state index in [0.717, 1.165) is 141 Å². The summed E-state index contributed by atoms with van der Waals surface area (Å²) in [5.74, 6) is -1.01. The normalized spacial score (nSPS) is 13.2. The van der Waals surface area contributed by atoms with Crippen molar-refractivity contribution >= 4 is 17.9 Å². The molecular weight excluding hydrogens is 841 g/mol. The van der Waals surface area contributed by atoms with Crippen LogP contribution in [0, 0.1) is 0 Å². The van der Waals surface area contributed by atoms with E-state index in [1.165, 1.54) is 32.1 Å². The molecule has 0 aliphatic heterocycles. The zero-order valence-electron chi connectivity index (χ0n) is 43.6. The molecule has 6 heteroatoms. The molecule has 0 saturated heterocycles. The Labute approximate surface area is 417 Å². The minimum atomic E-state index is -0.822. The van der Waals surface area contributed by atoms with E-state index >= 15 is 0 Å². The fraction of sp³-hybridized carbons (Fsp3) is 0.597. The van der Waals surface area contributed by atoms with Gasteiger partial charge in [0.25, 0.3) is 0 Å². The first-order chi connectivity index (χ1) is 33.5. The van der Waals surface area contributed by atoms with Crippen LogP contribution >= 0.6 is 0 Å². The molecule has 0 aliphatic carbocycles. The average molecular weight is 939 g/mol. The lowest BCUT2D eigenvalue weighted by atomic mass is 10.1. The maximum atomic E-state index is 12.8. The van der Waals surface area contributed by atoms with Crippen molar-refractivity contribution in [3.63, 3.8) is 0 Å². The molecule has 382 valence electrons. The molecule has 0 aromatic heterocycles. The summed E-state index contributed by atoms with van der Waals surface area (Å²) in [6.45, 7) is 6.31. The van der Waals surface area contributed by atoms with E-state index in [9.17, 15) is 14.4 Å². The second kappa shape index (κ2) is 55.1. The summed E-state index contributed by atoms with van der Waals surface area (Å²) in [5, 5.41) is 0. The van der Waals surface area contributed by atoms with Gasteiger partial charge in [0.2, 0.25) is 0 Å². The summed E-state index contributed by atoms with van der Waals surface area (Å²) >= 11 is 0. The van der Waals surface area contributed by atoms with Gasteiger partial charge in [-0.1, -0.05) is 212 Å². The molecule has 0 rings (SSSR count). The predicted molar refractivity (Wildman–Crippen MR) is 292 cm³/mol. The summed E-state index contributed by atoms with van der Waals surface area (Å²) in [6, 6.07) is 0. The van der Waals surface area contributed by atoms with Crippen molar-refractivity contribution in [3.05, 3.63) is 134 Å². The third-order valence-electron chi connectivity index (χ3n) is 10.9. The van der Waals surface area contributed by atoms with Crippen molar-refractivity contribution in [1.29, 1.82) is 0 Å². The van der Waals surface area contributed by atoms with Crippen molar-refractivity contribution in [1.82, 2.24) is 0 Å². The highest BCUT2D eigenvalue weighted by atomic mass is 16.6. The first-order valence-electron chi connectivity index (χ1n) is 27.2. The van der Waals surface area contributed by atoms with E-state index in [-0.39, 0.29) is 37.5 Å². The van der Waals surface area contributed by atoms with E-state index in [1.807, 2.05) is 0 Å². The largest absolute Gasteiger partial charge is 0.462 e. The zero-order chi connectivity index (χ0) is 49.3. The van der Waals surface area contributed by atoms with E-state index < -0.39 is 6.10 Å². The number of hydrogen-bond acceptors (Lipinski definition) is 6. The van der Waals surface area contributed by atoms with E-state index in [2.05, 4.69) is 154 Å². The lowest BCUT2D eigenvalue weighted by Crippen LogP contribution is -2.30. The zero-order valence-corrected chi connectivity index (χ0v) is 43.6. The first-order valence-corrected chi connectivity index (χ1v) is 27.2. The number of unbranched alkanes of at least 4 members (excludes halogenated alkanes) is 16. The van der Waals surface area contributed by atoms with Gasteiger partial charge in [0.05, 0.1) is 0 Å². The quantitative estimate of drug-likeness (QED) is 0.0199. The monoisotopic (exact) mass is 939 g/mol. The summed E-state index contributed by atoms with van der Waals surface area (Å²) in [7, 11) is 0. The molecule has 0 spiro atoms. The fourth-order valence-corrected chi connectivity index (χ4v) is 6.89.